The van der Waals surface area contributed by atoms with Crippen molar-refractivity contribution in [2.45, 2.75) is 0 Å². The van der Waals surface area contributed by atoms with E-state index < -0.39 is 0 Å². The smallest absolute Gasteiger partial charge is 0.238 e. The summed E-state index contributed by atoms with van der Waals surface area (Å²) in [6.45, 7) is 0. The second-order valence-electron chi connectivity index (χ2n) is 4.07. The first-order valence-corrected chi connectivity index (χ1v) is 6.12. The Labute approximate surface area is 114 Å². The SMILES string of the molecule is Oc1cccc(C=C(Cl)c2nc3ccccc3o2)c1. The average Bonchev–Trinajstić information content (AvgIpc) is 2.82. The molecule has 0 aliphatic heterocycles. The Bertz CT molecular complexity index is 728. The van der Waals surface area contributed by atoms with E-state index in [1.807, 2.05) is 30.3 Å². The number of aromatic hydroxyl groups is 1. The van der Waals surface area contributed by atoms with Crippen LogP contribution in [0.2, 0.25) is 0 Å². The molecule has 4 heteroatoms. The van der Waals surface area contributed by atoms with Crippen molar-refractivity contribution in [3.63, 3.8) is 0 Å². The number of oxazole rings is 1. The van der Waals surface area contributed by atoms with Crippen LogP contribution in [0.5, 0.6) is 5.75 Å². The predicted octanol–water partition coefficient (Wildman–Crippen LogP) is 4.27. The molecule has 0 atom stereocenters. The molecular weight excluding hydrogens is 262 g/mol. The van der Waals surface area contributed by atoms with Crippen molar-refractivity contribution >= 4 is 33.8 Å². The highest BCUT2D eigenvalue weighted by molar-refractivity contribution is 6.50. The molecule has 1 heterocycles. The summed E-state index contributed by atoms with van der Waals surface area (Å²) in [5.74, 6) is 0.557. The first-order valence-electron chi connectivity index (χ1n) is 5.74. The van der Waals surface area contributed by atoms with E-state index in [2.05, 4.69) is 4.98 Å². The number of halogens is 1. The molecule has 3 aromatic rings. The van der Waals surface area contributed by atoms with E-state index in [1.165, 1.54) is 0 Å². The van der Waals surface area contributed by atoms with E-state index in [1.54, 1.807) is 24.3 Å². The van der Waals surface area contributed by atoms with Crippen LogP contribution in [0.4, 0.5) is 0 Å². The minimum atomic E-state index is 0.191. The molecule has 0 saturated heterocycles. The van der Waals surface area contributed by atoms with E-state index in [0.29, 0.717) is 16.5 Å². The van der Waals surface area contributed by atoms with E-state index in [9.17, 15) is 5.11 Å². The van der Waals surface area contributed by atoms with Crippen molar-refractivity contribution in [3.8, 4) is 5.75 Å². The number of hydrogen-bond acceptors (Lipinski definition) is 3. The molecule has 94 valence electrons. The van der Waals surface area contributed by atoms with Gasteiger partial charge in [0.05, 0.1) is 0 Å². The molecule has 19 heavy (non-hydrogen) atoms. The third-order valence-electron chi connectivity index (χ3n) is 2.66. The number of benzene rings is 2. The third-order valence-corrected chi connectivity index (χ3v) is 2.93. The summed E-state index contributed by atoms with van der Waals surface area (Å²) < 4.78 is 5.56. The predicted molar refractivity (Wildman–Crippen MR) is 75.8 cm³/mol. The van der Waals surface area contributed by atoms with E-state index in [-0.39, 0.29) is 5.75 Å². The zero-order valence-corrected chi connectivity index (χ0v) is 10.6. The number of rotatable bonds is 2. The molecule has 3 rings (SSSR count). The van der Waals surface area contributed by atoms with Crippen LogP contribution in [-0.4, -0.2) is 10.1 Å². The van der Waals surface area contributed by atoms with Gasteiger partial charge in [0.2, 0.25) is 5.89 Å². The maximum Gasteiger partial charge on any atom is 0.238 e. The van der Waals surface area contributed by atoms with Gasteiger partial charge in [0.1, 0.15) is 16.3 Å². The normalized spacial score (nSPS) is 11.9. The van der Waals surface area contributed by atoms with Crippen molar-refractivity contribution in [2.75, 3.05) is 0 Å². The van der Waals surface area contributed by atoms with Gasteiger partial charge in [-0.15, -0.1) is 0 Å². The van der Waals surface area contributed by atoms with Gasteiger partial charge in [0, 0.05) is 0 Å². The molecule has 0 saturated carbocycles. The lowest BCUT2D eigenvalue weighted by atomic mass is 10.2. The maximum absolute atomic E-state index is 9.40. The van der Waals surface area contributed by atoms with Gasteiger partial charge in [-0.25, -0.2) is 4.98 Å². The third kappa shape index (κ3) is 2.46. The van der Waals surface area contributed by atoms with Gasteiger partial charge in [-0.3, -0.25) is 0 Å². The van der Waals surface area contributed by atoms with E-state index >= 15 is 0 Å². The van der Waals surface area contributed by atoms with Gasteiger partial charge in [0.15, 0.2) is 5.58 Å². The monoisotopic (exact) mass is 271 g/mol. The van der Waals surface area contributed by atoms with Gasteiger partial charge in [-0.2, -0.15) is 0 Å². The number of aromatic nitrogens is 1. The minimum absolute atomic E-state index is 0.191. The zero-order valence-electron chi connectivity index (χ0n) is 9.88. The molecule has 0 fully saturated rings. The van der Waals surface area contributed by atoms with Crippen molar-refractivity contribution in [2.24, 2.45) is 0 Å². The first-order chi connectivity index (χ1) is 9.22. The Morgan fingerprint density at radius 3 is 2.79 bits per heavy atom. The average molecular weight is 272 g/mol. The van der Waals surface area contributed by atoms with Crippen LogP contribution in [0.1, 0.15) is 11.5 Å². The molecule has 3 nitrogen and oxygen atoms in total. The van der Waals surface area contributed by atoms with E-state index in [0.717, 1.165) is 11.1 Å². The van der Waals surface area contributed by atoms with Crippen LogP contribution in [0, 0.1) is 0 Å². The maximum atomic E-state index is 9.40. The molecule has 0 amide bonds. The van der Waals surface area contributed by atoms with Crippen LogP contribution in [0.25, 0.3) is 22.2 Å². The molecule has 0 spiro atoms. The summed E-state index contributed by atoms with van der Waals surface area (Å²) in [7, 11) is 0. The van der Waals surface area contributed by atoms with Crippen LogP contribution in [-0.2, 0) is 0 Å². The Morgan fingerprint density at radius 1 is 1.16 bits per heavy atom. The number of hydrogen-bond donors (Lipinski definition) is 1. The fourth-order valence-corrected chi connectivity index (χ4v) is 2.00. The highest BCUT2D eigenvalue weighted by atomic mass is 35.5. The molecule has 1 aromatic heterocycles. The van der Waals surface area contributed by atoms with Crippen molar-refractivity contribution in [1.82, 2.24) is 4.98 Å². The quantitative estimate of drug-likeness (QED) is 0.757. The highest BCUT2D eigenvalue weighted by Crippen LogP contribution is 2.26. The van der Waals surface area contributed by atoms with Crippen LogP contribution < -0.4 is 0 Å². The Balaban J connectivity index is 2.01. The van der Waals surface area contributed by atoms with Crippen LogP contribution in [0.3, 0.4) is 0 Å². The first kappa shape index (κ1) is 11.8. The van der Waals surface area contributed by atoms with Crippen molar-refractivity contribution in [3.05, 3.63) is 60.0 Å². The minimum Gasteiger partial charge on any atom is -0.508 e. The Morgan fingerprint density at radius 2 is 2.00 bits per heavy atom. The number of phenolic OH excluding ortho intramolecular Hbond substituents is 1. The Hall–Kier alpha value is -2.26. The summed E-state index contributed by atoms with van der Waals surface area (Å²) in [4.78, 5) is 4.30. The number of fused-ring (bicyclic) bond motifs is 1. The molecule has 2 aromatic carbocycles. The van der Waals surface area contributed by atoms with Crippen molar-refractivity contribution < 1.29 is 9.52 Å². The summed E-state index contributed by atoms with van der Waals surface area (Å²) in [5.41, 5.74) is 2.24. The molecule has 0 unspecified atom stereocenters. The van der Waals surface area contributed by atoms with E-state index in [4.69, 9.17) is 16.0 Å². The standard InChI is InChI=1S/C15H10ClNO2/c16-12(9-10-4-3-5-11(18)8-10)15-17-13-6-1-2-7-14(13)19-15/h1-9,18H. The molecule has 0 aliphatic rings. The fraction of sp³-hybridized carbons (Fsp3) is 0. The lowest BCUT2D eigenvalue weighted by Gasteiger charge is -1.96. The van der Waals surface area contributed by atoms with Gasteiger partial charge < -0.3 is 9.52 Å². The lowest BCUT2D eigenvalue weighted by molar-refractivity contribution is 0.475. The summed E-state index contributed by atoms with van der Waals surface area (Å²) in [6.07, 6.45) is 1.70. The van der Waals surface area contributed by atoms with Crippen LogP contribution in [0.15, 0.2) is 52.9 Å². The largest absolute Gasteiger partial charge is 0.508 e. The highest BCUT2D eigenvalue weighted by Gasteiger charge is 2.08. The molecule has 1 N–H and O–H groups in total. The Kier molecular flexibility index (Phi) is 2.97. The molecule has 0 radical (unpaired) electrons. The number of para-hydroxylation sites is 2. The second-order valence-corrected chi connectivity index (χ2v) is 4.48. The molecule has 0 aliphatic carbocycles. The fourth-order valence-electron chi connectivity index (χ4n) is 1.80. The molecular formula is C15H10ClNO2. The number of nitrogens with zero attached hydrogens (tertiary/aromatic N) is 1. The van der Waals surface area contributed by atoms with Crippen LogP contribution >= 0.6 is 11.6 Å². The summed E-state index contributed by atoms with van der Waals surface area (Å²) in [6, 6.07) is 14.3. The van der Waals surface area contributed by atoms with Crippen molar-refractivity contribution in [1.29, 1.82) is 0 Å². The number of phenols is 1. The lowest BCUT2D eigenvalue weighted by Crippen LogP contribution is -1.77. The van der Waals surface area contributed by atoms with Gasteiger partial charge in [-0.1, -0.05) is 35.9 Å². The van der Waals surface area contributed by atoms with Gasteiger partial charge in [-0.05, 0) is 35.9 Å². The topological polar surface area (TPSA) is 46.3 Å². The van der Waals surface area contributed by atoms with Gasteiger partial charge >= 0.3 is 0 Å². The zero-order chi connectivity index (χ0) is 13.2. The summed E-state index contributed by atoms with van der Waals surface area (Å²) in [5, 5.41) is 9.79. The summed E-state index contributed by atoms with van der Waals surface area (Å²) >= 11 is 6.19. The second kappa shape index (κ2) is 4.78. The van der Waals surface area contributed by atoms with Gasteiger partial charge in [0.25, 0.3) is 0 Å². The molecule has 0 bridgehead atoms.